The van der Waals surface area contributed by atoms with E-state index < -0.39 is 0 Å². The van der Waals surface area contributed by atoms with Crippen molar-refractivity contribution in [2.24, 2.45) is 0 Å². The molecule has 318 valence electrons. The van der Waals surface area contributed by atoms with Crippen molar-refractivity contribution in [3.05, 3.63) is 156 Å². The van der Waals surface area contributed by atoms with E-state index in [1.807, 2.05) is 30.3 Å². The first-order chi connectivity index (χ1) is 29.6. The van der Waals surface area contributed by atoms with E-state index in [9.17, 15) is 5.11 Å². The van der Waals surface area contributed by atoms with Crippen LogP contribution < -0.4 is 0 Å². The average Bonchev–Trinajstić information content (AvgIpc) is 3.81. The molecule has 0 aliphatic rings. The Hall–Kier alpha value is -6.46. The highest BCUT2D eigenvalue weighted by Crippen LogP contribution is 2.44. The predicted octanol–water partition coefficient (Wildman–Crippen LogP) is 15.9. The van der Waals surface area contributed by atoms with Gasteiger partial charge in [0.1, 0.15) is 22.6 Å². The third kappa shape index (κ3) is 7.84. The van der Waals surface area contributed by atoms with Gasteiger partial charge in [0, 0.05) is 33.7 Å². The topological polar surface area (TPSA) is 63.6 Å². The van der Waals surface area contributed by atoms with Crippen LogP contribution in [-0.4, -0.2) is 19.5 Å². The number of para-hydroxylation sites is 1. The van der Waals surface area contributed by atoms with Crippen LogP contribution in [-0.2, 0) is 21.7 Å². The Morgan fingerprint density at radius 1 is 0.460 bits per heavy atom. The van der Waals surface area contributed by atoms with E-state index in [-0.39, 0.29) is 27.4 Å². The fourth-order valence-corrected chi connectivity index (χ4v) is 8.59. The van der Waals surface area contributed by atoms with Gasteiger partial charge < -0.3 is 9.52 Å². The van der Waals surface area contributed by atoms with Gasteiger partial charge in [0.15, 0.2) is 0 Å². The molecule has 9 rings (SSSR count). The van der Waals surface area contributed by atoms with Crippen LogP contribution in [0, 0.1) is 0 Å². The number of nitrogens with zero attached hydrogens (tertiary/aromatic N) is 3. The quantitative estimate of drug-likeness (QED) is 0.188. The lowest BCUT2D eigenvalue weighted by atomic mass is 9.79. The summed E-state index contributed by atoms with van der Waals surface area (Å²) in [5.41, 5.74) is 16.2. The molecule has 5 heteroatoms. The Bertz CT molecular complexity index is 3160. The second-order valence-corrected chi connectivity index (χ2v) is 21.5. The lowest BCUT2D eigenvalue weighted by Crippen LogP contribution is -2.16. The lowest BCUT2D eigenvalue weighted by molar-refractivity contribution is 0.477. The maximum absolute atomic E-state index is 11.7. The first kappa shape index (κ1) is 41.9. The Kier molecular flexibility index (Phi) is 9.86. The van der Waals surface area contributed by atoms with Crippen molar-refractivity contribution in [3.8, 4) is 61.9 Å². The number of pyridine rings is 2. The number of furan rings is 1. The number of fused-ring (bicyclic) bond motifs is 4. The lowest BCUT2D eigenvalue weighted by Gasteiger charge is -2.26. The zero-order valence-corrected chi connectivity index (χ0v) is 38.9. The van der Waals surface area contributed by atoms with Crippen LogP contribution in [0.5, 0.6) is 5.75 Å². The van der Waals surface area contributed by atoms with E-state index in [0.717, 1.165) is 66.9 Å². The number of aromatic nitrogens is 3. The van der Waals surface area contributed by atoms with E-state index in [1.165, 1.54) is 22.3 Å². The molecule has 1 N–H and O–H groups in total. The largest absolute Gasteiger partial charge is 0.507 e. The summed E-state index contributed by atoms with van der Waals surface area (Å²) in [5, 5.41) is 13.7. The van der Waals surface area contributed by atoms with Crippen LogP contribution >= 0.6 is 0 Å². The summed E-state index contributed by atoms with van der Waals surface area (Å²) in [6.45, 7) is 27.3. The van der Waals surface area contributed by atoms with Crippen molar-refractivity contribution in [1.82, 2.24) is 14.4 Å². The molecule has 0 aliphatic heterocycles. The van der Waals surface area contributed by atoms with E-state index >= 15 is 0 Å². The van der Waals surface area contributed by atoms with Crippen molar-refractivity contribution in [2.45, 2.75) is 105 Å². The van der Waals surface area contributed by atoms with E-state index in [4.69, 9.17) is 14.4 Å². The molecule has 0 unspecified atom stereocenters. The molecule has 0 atom stereocenters. The summed E-state index contributed by atoms with van der Waals surface area (Å²) in [5.74, 6) is 0.117. The van der Waals surface area contributed by atoms with Gasteiger partial charge in [-0.05, 0) is 116 Å². The highest BCUT2D eigenvalue weighted by atomic mass is 16.3. The van der Waals surface area contributed by atoms with Gasteiger partial charge in [-0.1, -0.05) is 150 Å². The third-order valence-corrected chi connectivity index (χ3v) is 12.5. The standard InChI is InChI=1S/C58H59N3O2/c1-55(2,3)40-27-37(28-41(33-40)56(4,5)6)38-31-46(59-47(32-38)51-48(62)24-23-45-44-20-13-14-21-49(44)63-54(45)51)35-18-17-19-36(26-35)52-53(61-25-16-15-22-50(61)60-52)39-29-42(57(7,8)9)34-43(30-39)58(10,11)12/h13-34,62H,1-12H3. The monoisotopic (exact) mass is 829 g/mol. The third-order valence-electron chi connectivity index (χ3n) is 12.5. The van der Waals surface area contributed by atoms with Gasteiger partial charge in [-0.3, -0.25) is 4.40 Å². The highest BCUT2D eigenvalue weighted by molar-refractivity contribution is 6.10. The van der Waals surface area contributed by atoms with Gasteiger partial charge in [0.25, 0.3) is 0 Å². The van der Waals surface area contributed by atoms with Crippen molar-refractivity contribution in [3.63, 3.8) is 0 Å². The van der Waals surface area contributed by atoms with Gasteiger partial charge in [0.05, 0.1) is 28.3 Å². The maximum atomic E-state index is 11.7. The zero-order chi connectivity index (χ0) is 44.8. The normalized spacial score (nSPS) is 12.8. The van der Waals surface area contributed by atoms with Gasteiger partial charge >= 0.3 is 0 Å². The van der Waals surface area contributed by atoms with Crippen molar-refractivity contribution in [2.75, 3.05) is 0 Å². The first-order valence-electron chi connectivity index (χ1n) is 22.2. The van der Waals surface area contributed by atoms with Crippen LogP contribution in [0.4, 0.5) is 0 Å². The summed E-state index contributed by atoms with van der Waals surface area (Å²) in [4.78, 5) is 10.7. The molecule has 0 fully saturated rings. The molecule has 9 aromatic rings. The fourth-order valence-electron chi connectivity index (χ4n) is 8.59. The van der Waals surface area contributed by atoms with Gasteiger partial charge in [-0.15, -0.1) is 0 Å². The molecule has 0 saturated carbocycles. The Morgan fingerprint density at radius 2 is 1.02 bits per heavy atom. The smallest absolute Gasteiger partial charge is 0.148 e. The molecule has 0 bridgehead atoms. The minimum atomic E-state index is -0.0764. The summed E-state index contributed by atoms with van der Waals surface area (Å²) in [6, 6.07) is 44.9. The number of rotatable bonds is 5. The summed E-state index contributed by atoms with van der Waals surface area (Å²) in [6.07, 6.45) is 2.12. The molecule has 4 heterocycles. The maximum Gasteiger partial charge on any atom is 0.148 e. The molecule has 0 spiro atoms. The van der Waals surface area contributed by atoms with Gasteiger partial charge in [-0.25, -0.2) is 9.97 Å². The number of phenols is 1. The fraction of sp³-hybridized carbons (Fsp3) is 0.276. The van der Waals surface area contributed by atoms with Crippen LogP contribution in [0.25, 0.3) is 83.7 Å². The molecule has 0 amide bonds. The van der Waals surface area contributed by atoms with Crippen LogP contribution in [0.1, 0.15) is 105 Å². The van der Waals surface area contributed by atoms with Crippen molar-refractivity contribution >= 4 is 27.6 Å². The molecule has 5 nitrogen and oxygen atoms in total. The minimum absolute atomic E-state index is 0.0494. The number of imidazole rings is 1. The minimum Gasteiger partial charge on any atom is -0.507 e. The van der Waals surface area contributed by atoms with E-state index in [2.05, 4.69) is 185 Å². The Balaban J connectivity index is 1.30. The van der Waals surface area contributed by atoms with Gasteiger partial charge in [0.2, 0.25) is 0 Å². The molecule has 0 aliphatic carbocycles. The number of phenolic OH excluding ortho intramolecular Hbond substituents is 1. The Morgan fingerprint density at radius 3 is 1.65 bits per heavy atom. The molecule has 0 saturated heterocycles. The SMILES string of the molecule is CC(C)(C)c1cc(-c2cc(-c3cccc(-c4nc5ccccn5c4-c4cc(C(C)(C)C)cc(C(C)(C)C)c4)c3)nc(-c3c(O)ccc4c3oc3ccccc34)c2)cc(C(C)(C)C)c1. The second kappa shape index (κ2) is 14.8. The van der Waals surface area contributed by atoms with E-state index in [1.54, 1.807) is 6.07 Å². The van der Waals surface area contributed by atoms with Crippen molar-refractivity contribution < 1.29 is 9.52 Å². The molecule has 4 aromatic heterocycles. The number of benzene rings is 5. The van der Waals surface area contributed by atoms with Crippen LogP contribution in [0.3, 0.4) is 0 Å². The second-order valence-electron chi connectivity index (χ2n) is 21.5. The molecular formula is C58H59N3O2. The molecule has 5 aromatic carbocycles. The summed E-state index contributed by atoms with van der Waals surface area (Å²) < 4.78 is 8.77. The van der Waals surface area contributed by atoms with Crippen molar-refractivity contribution in [1.29, 1.82) is 0 Å². The van der Waals surface area contributed by atoms with Gasteiger partial charge in [-0.2, -0.15) is 0 Å². The predicted molar refractivity (Wildman–Crippen MR) is 264 cm³/mol. The number of aromatic hydroxyl groups is 1. The summed E-state index contributed by atoms with van der Waals surface area (Å²) in [7, 11) is 0. The first-order valence-corrected chi connectivity index (χ1v) is 22.2. The van der Waals surface area contributed by atoms with Crippen LogP contribution in [0.2, 0.25) is 0 Å². The zero-order valence-electron chi connectivity index (χ0n) is 38.9. The summed E-state index contributed by atoms with van der Waals surface area (Å²) >= 11 is 0. The highest BCUT2D eigenvalue weighted by Gasteiger charge is 2.26. The molecular weight excluding hydrogens is 771 g/mol. The number of hydrogen-bond acceptors (Lipinski definition) is 4. The average molecular weight is 830 g/mol. The Labute approximate surface area is 372 Å². The van der Waals surface area contributed by atoms with Crippen LogP contribution in [0.15, 0.2) is 138 Å². The van der Waals surface area contributed by atoms with E-state index in [0.29, 0.717) is 16.8 Å². The molecule has 0 radical (unpaired) electrons. The number of hydrogen-bond donors (Lipinski definition) is 1. The molecule has 63 heavy (non-hydrogen) atoms.